The largest absolute Gasteiger partial charge is 0.314 e. The number of nitrogens with zero attached hydrogens (tertiary/aromatic N) is 1. The number of hydrogen-bond acceptors (Lipinski definition) is 3. The summed E-state index contributed by atoms with van der Waals surface area (Å²) in [6, 6.07) is 4.13. The zero-order chi connectivity index (χ0) is 9.15. The molecular formula is C10H15N3. The SMILES string of the molecule is CNC1(c2cccnc2)CCNC1. The van der Waals surface area contributed by atoms with Gasteiger partial charge in [-0.1, -0.05) is 6.07 Å². The van der Waals surface area contributed by atoms with E-state index in [9.17, 15) is 0 Å². The minimum Gasteiger partial charge on any atom is -0.314 e. The van der Waals surface area contributed by atoms with Gasteiger partial charge in [-0.3, -0.25) is 4.98 Å². The molecular weight excluding hydrogens is 162 g/mol. The van der Waals surface area contributed by atoms with Gasteiger partial charge in [-0.25, -0.2) is 0 Å². The molecule has 13 heavy (non-hydrogen) atoms. The molecule has 0 bridgehead atoms. The van der Waals surface area contributed by atoms with Crippen LogP contribution in [0.5, 0.6) is 0 Å². The maximum Gasteiger partial charge on any atom is 0.0585 e. The van der Waals surface area contributed by atoms with Crippen LogP contribution in [0.1, 0.15) is 12.0 Å². The maximum absolute atomic E-state index is 4.15. The third-order valence-corrected chi connectivity index (χ3v) is 2.85. The number of pyridine rings is 1. The molecule has 0 aliphatic carbocycles. The molecule has 1 aromatic heterocycles. The molecule has 1 fully saturated rings. The third kappa shape index (κ3) is 1.45. The molecule has 1 aromatic rings. The molecule has 2 N–H and O–H groups in total. The maximum atomic E-state index is 4.15. The van der Waals surface area contributed by atoms with Crippen molar-refractivity contribution in [1.29, 1.82) is 0 Å². The Bertz CT molecular complexity index is 265. The molecule has 0 aromatic carbocycles. The van der Waals surface area contributed by atoms with E-state index in [1.165, 1.54) is 5.56 Å². The lowest BCUT2D eigenvalue weighted by Gasteiger charge is -2.27. The Morgan fingerprint density at radius 1 is 1.62 bits per heavy atom. The molecule has 70 valence electrons. The molecule has 1 atom stereocenters. The van der Waals surface area contributed by atoms with Crippen molar-refractivity contribution in [2.45, 2.75) is 12.0 Å². The van der Waals surface area contributed by atoms with Crippen LogP contribution in [0.15, 0.2) is 24.5 Å². The highest BCUT2D eigenvalue weighted by Gasteiger charge is 2.33. The molecule has 3 heteroatoms. The number of hydrogen-bond donors (Lipinski definition) is 2. The van der Waals surface area contributed by atoms with Gasteiger partial charge in [0.05, 0.1) is 5.54 Å². The summed E-state index contributed by atoms with van der Waals surface area (Å²) in [5, 5.41) is 6.76. The first kappa shape index (κ1) is 8.66. The van der Waals surface area contributed by atoms with Crippen molar-refractivity contribution >= 4 is 0 Å². The van der Waals surface area contributed by atoms with Gasteiger partial charge in [-0.05, 0) is 31.6 Å². The summed E-state index contributed by atoms with van der Waals surface area (Å²) in [5.74, 6) is 0. The fraction of sp³-hybridized carbons (Fsp3) is 0.500. The monoisotopic (exact) mass is 177 g/mol. The number of aromatic nitrogens is 1. The van der Waals surface area contributed by atoms with Gasteiger partial charge in [0.15, 0.2) is 0 Å². The summed E-state index contributed by atoms with van der Waals surface area (Å²) in [6.07, 6.45) is 4.90. The van der Waals surface area contributed by atoms with E-state index in [-0.39, 0.29) is 5.54 Å². The molecule has 0 saturated carbocycles. The number of nitrogens with one attached hydrogen (secondary N) is 2. The lowest BCUT2D eigenvalue weighted by Crippen LogP contribution is -2.41. The number of likely N-dealkylation sites (N-methyl/N-ethyl adjacent to an activating group) is 1. The van der Waals surface area contributed by atoms with Crippen molar-refractivity contribution in [3.63, 3.8) is 0 Å². The van der Waals surface area contributed by atoms with Gasteiger partial charge >= 0.3 is 0 Å². The fourth-order valence-corrected chi connectivity index (χ4v) is 1.94. The van der Waals surface area contributed by atoms with Crippen LogP contribution >= 0.6 is 0 Å². The number of rotatable bonds is 2. The van der Waals surface area contributed by atoms with Gasteiger partial charge in [0, 0.05) is 18.9 Å². The van der Waals surface area contributed by atoms with Gasteiger partial charge in [-0.15, -0.1) is 0 Å². The highest BCUT2D eigenvalue weighted by atomic mass is 15.1. The van der Waals surface area contributed by atoms with E-state index in [1.807, 2.05) is 25.5 Å². The Balaban J connectivity index is 2.31. The first-order chi connectivity index (χ1) is 6.37. The van der Waals surface area contributed by atoms with E-state index in [4.69, 9.17) is 0 Å². The van der Waals surface area contributed by atoms with Crippen molar-refractivity contribution in [3.05, 3.63) is 30.1 Å². The van der Waals surface area contributed by atoms with Crippen LogP contribution in [-0.4, -0.2) is 25.1 Å². The molecule has 1 unspecified atom stereocenters. The van der Waals surface area contributed by atoms with Gasteiger partial charge < -0.3 is 10.6 Å². The van der Waals surface area contributed by atoms with E-state index in [2.05, 4.69) is 21.7 Å². The van der Waals surface area contributed by atoms with Gasteiger partial charge in [0.1, 0.15) is 0 Å². The molecule has 0 amide bonds. The first-order valence-electron chi connectivity index (χ1n) is 4.67. The Kier molecular flexibility index (Phi) is 2.29. The summed E-state index contributed by atoms with van der Waals surface area (Å²) < 4.78 is 0. The topological polar surface area (TPSA) is 37.0 Å². The fourth-order valence-electron chi connectivity index (χ4n) is 1.94. The smallest absolute Gasteiger partial charge is 0.0585 e. The molecule has 3 nitrogen and oxygen atoms in total. The predicted octanol–water partition coefficient (Wildman–Crippen LogP) is 0.490. The second-order valence-corrected chi connectivity index (χ2v) is 3.50. The third-order valence-electron chi connectivity index (χ3n) is 2.85. The summed E-state index contributed by atoms with van der Waals surface area (Å²) >= 11 is 0. The summed E-state index contributed by atoms with van der Waals surface area (Å²) in [5.41, 5.74) is 1.39. The lowest BCUT2D eigenvalue weighted by atomic mass is 9.90. The van der Waals surface area contributed by atoms with Crippen molar-refractivity contribution in [3.8, 4) is 0 Å². The molecule has 0 radical (unpaired) electrons. The summed E-state index contributed by atoms with van der Waals surface area (Å²) in [6.45, 7) is 2.07. The van der Waals surface area contributed by atoms with Crippen LogP contribution in [0.2, 0.25) is 0 Å². The lowest BCUT2D eigenvalue weighted by molar-refractivity contribution is 0.398. The van der Waals surface area contributed by atoms with Gasteiger partial charge in [0.25, 0.3) is 0 Å². The Morgan fingerprint density at radius 3 is 3.08 bits per heavy atom. The minimum atomic E-state index is 0.105. The Labute approximate surface area is 78.6 Å². The van der Waals surface area contributed by atoms with Crippen LogP contribution in [0.3, 0.4) is 0 Å². The van der Waals surface area contributed by atoms with Gasteiger partial charge in [-0.2, -0.15) is 0 Å². The zero-order valence-electron chi connectivity index (χ0n) is 7.88. The van der Waals surface area contributed by atoms with Gasteiger partial charge in [0.2, 0.25) is 0 Å². The average Bonchev–Trinajstić information content (AvgIpc) is 2.69. The zero-order valence-corrected chi connectivity index (χ0v) is 7.88. The standard InChI is InChI=1S/C10H15N3/c1-11-10(4-6-13-8-10)9-3-2-5-12-7-9/h2-3,5,7,11,13H,4,6,8H2,1H3. The Hall–Kier alpha value is -0.930. The van der Waals surface area contributed by atoms with Crippen LogP contribution in [0.4, 0.5) is 0 Å². The molecule has 1 saturated heterocycles. The average molecular weight is 177 g/mol. The molecule has 2 heterocycles. The highest BCUT2D eigenvalue weighted by Crippen LogP contribution is 2.26. The van der Waals surface area contributed by atoms with E-state index >= 15 is 0 Å². The quantitative estimate of drug-likeness (QED) is 0.690. The summed E-state index contributed by atoms with van der Waals surface area (Å²) in [7, 11) is 2.01. The second kappa shape index (κ2) is 3.44. The first-order valence-corrected chi connectivity index (χ1v) is 4.67. The van der Waals surface area contributed by atoms with Crippen LogP contribution < -0.4 is 10.6 Å². The Morgan fingerprint density at radius 2 is 2.54 bits per heavy atom. The second-order valence-electron chi connectivity index (χ2n) is 3.50. The highest BCUT2D eigenvalue weighted by molar-refractivity contribution is 5.23. The van der Waals surface area contributed by atoms with Crippen molar-refractivity contribution < 1.29 is 0 Å². The molecule has 0 spiro atoms. The summed E-state index contributed by atoms with van der Waals surface area (Å²) in [4.78, 5) is 4.15. The molecule has 1 aliphatic heterocycles. The predicted molar refractivity (Wildman–Crippen MR) is 52.5 cm³/mol. The van der Waals surface area contributed by atoms with Crippen molar-refractivity contribution in [2.24, 2.45) is 0 Å². The normalized spacial score (nSPS) is 27.8. The van der Waals surface area contributed by atoms with Crippen LogP contribution in [0.25, 0.3) is 0 Å². The van der Waals surface area contributed by atoms with E-state index in [1.54, 1.807) is 0 Å². The van der Waals surface area contributed by atoms with Crippen LogP contribution in [0, 0.1) is 0 Å². The molecule has 1 aliphatic rings. The van der Waals surface area contributed by atoms with E-state index < -0.39 is 0 Å². The van der Waals surface area contributed by atoms with Crippen LogP contribution in [-0.2, 0) is 5.54 Å². The van der Waals surface area contributed by atoms with Crippen molar-refractivity contribution in [2.75, 3.05) is 20.1 Å². The minimum absolute atomic E-state index is 0.105. The molecule has 2 rings (SSSR count). The van der Waals surface area contributed by atoms with E-state index in [0.29, 0.717) is 0 Å². The van der Waals surface area contributed by atoms with Crippen molar-refractivity contribution in [1.82, 2.24) is 15.6 Å². The van der Waals surface area contributed by atoms with E-state index in [0.717, 1.165) is 19.5 Å².